The normalized spacial score (nSPS) is 21.1. The number of unbranched alkanes of at least 4 members (excludes halogenated alkanes) is 1. The van der Waals surface area contributed by atoms with Gasteiger partial charge in [0.05, 0.1) is 12.1 Å². The van der Waals surface area contributed by atoms with Crippen LogP contribution >= 0.6 is 0 Å². The number of hydrogen-bond acceptors (Lipinski definition) is 6. The van der Waals surface area contributed by atoms with Gasteiger partial charge in [0.15, 0.2) is 0 Å². The third kappa shape index (κ3) is 10.4. The molecule has 1 unspecified atom stereocenters. The molecule has 48 heavy (non-hydrogen) atoms. The van der Waals surface area contributed by atoms with Gasteiger partial charge < -0.3 is 31.1 Å². The number of Topliss-reactive ketones (excluding diaryl/α,β-unsaturated/α-hetero) is 1. The highest BCUT2D eigenvalue weighted by Crippen LogP contribution is 2.40. The Balaban J connectivity index is 1.80. The van der Waals surface area contributed by atoms with Crippen LogP contribution in [0.15, 0.2) is 24.8 Å². The highest BCUT2D eigenvalue weighted by molar-refractivity contribution is 6.38. The van der Waals surface area contributed by atoms with E-state index in [9.17, 15) is 28.8 Å². The maximum Gasteiger partial charge on any atom is 0.315 e. The first kappa shape index (κ1) is 38.7. The van der Waals surface area contributed by atoms with Crippen LogP contribution in [-0.4, -0.2) is 95.6 Å². The second-order valence-electron chi connectivity index (χ2n) is 14.9. The summed E-state index contributed by atoms with van der Waals surface area (Å²) in [6.07, 6.45) is 13.2. The Hall–Kier alpha value is -3.70. The molecule has 0 bridgehead atoms. The van der Waals surface area contributed by atoms with Gasteiger partial charge in [-0.1, -0.05) is 85.0 Å². The number of urea groups is 1. The number of carbonyl (C=O) groups excluding carboxylic acids is 6. The fraction of sp³-hybridized carbons (Fsp3) is 0.722. The first-order valence-corrected chi connectivity index (χ1v) is 17.8. The summed E-state index contributed by atoms with van der Waals surface area (Å²) < 4.78 is 0. The molecular formula is C36H58N6O6. The van der Waals surface area contributed by atoms with Crippen molar-refractivity contribution in [3.05, 3.63) is 24.8 Å². The van der Waals surface area contributed by atoms with Crippen molar-refractivity contribution in [1.82, 2.24) is 31.1 Å². The average molecular weight is 671 g/mol. The molecule has 4 N–H and O–H groups in total. The molecular weight excluding hydrogens is 612 g/mol. The zero-order valence-corrected chi connectivity index (χ0v) is 29.7. The van der Waals surface area contributed by atoms with Crippen LogP contribution in [0.5, 0.6) is 0 Å². The summed E-state index contributed by atoms with van der Waals surface area (Å²) in [7, 11) is 0. The van der Waals surface area contributed by atoms with E-state index in [-0.39, 0.29) is 42.8 Å². The summed E-state index contributed by atoms with van der Waals surface area (Å²) in [5, 5.41) is 11.3. The summed E-state index contributed by atoms with van der Waals surface area (Å²) in [6, 6.07) is -3.80. The van der Waals surface area contributed by atoms with Crippen molar-refractivity contribution in [1.29, 1.82) is 0 Å². The van der Waals surface area contributed by atoms with E-state index in [0.717, 1.165) is 51.4 Å². The van der Waals surface area contributed by atoms with Gasteiger partial charge in [-0.25, -0.2) is 4.79 Å². The third-order valence-corrected chi connectivity index (χ3v) is 10.0. The largest absolute Gasteiger partial charge is 0.346 e. The van der Waals surface area contributed by atoms with Gasteiger partial charge in [-0.3, -0.25) is 24.0 Å². The predicted octanol–water partition coefficient (Wildman–Crippen LogP) is 3.37. The van der Waals surface area contributed by atoms with Crippen molar-refractivity contribution in [2.24, 2.45) is 10.8 Å². The Morgan fingerprint density at radius 1 is 1.04 bits per heavy atom. The fourth-order valence-corrected chi connectivity index (χ4v) is 6.81. The number of likely N-dealkylation sites (tertiary alicyclic amines) is 1. The minimum atomic E-state index is -1.04. The van der Waals surface area contributed by atoms with E-state index < -0.39 is 47.2 Å². The topological polar surface area (TPSA) is 157 Å². The Bertz CT molecular complexity index is 1220. The molecule has 4 atom stereocenters. The Morgan fingerprint density at radius 3 is 2.38 bits per heavy atom. The standard InChI is InChI=1S/C36H58N6O6/c1-7-9-16-25(29(44)32(46)37-21-8-2)38-31(45)26-17-15-23-42(26)33(47)30(36(6)19-12-10-13-20-36)40-34(48)39-27(35(3,4)5)24-41-22-14-11-18-28(41)43/h8,15,17,25-27,30H,2,7,9-14,16,18-24H2,1,3-6H3,(H,37,46)(H,38,45)(H2,39,40,48)/t25?,26-,27+,30+/m0/s1. The molecule has 0 radical (unpaired) electrons. The first-order valence-electron chi connectivity index (χ1n) is 17.8. The van der Waals surface area contributed by atoms with E-state index in [0.29, 0.717) is 25.9 Å². The summed E-state index contributed by atoms with van der Waals surface area (Å²) >= 11 is 0. The smallest absolute Gasteiger partial charge is 0.315 e. The molecule has 0 aromatic heterocycles. The summed E-state index contributed by atoms with van der Waals surface area (Å²) in [5.74, 6) is -2.39. The number of nitrogens with zero attached hydrogens (tertiary/aromatic N) is 2. The second-order valence-corrected chi connectivity index (χ2v) is 14.9. The molecule has 0 aromatic carbocycles. The van der Waals surface area contributed by atoms with Gasteiger partial charge in [-0.15, -0.1) is 6.58 Å². The van der Waals surface area contributed by atoms with Crippen LogP contribution < -0.4 is 21.3 Å². The van der Waals surface area contributed by atoms with Crippen molar-refractivity contribution in [3.8, 4) is 0 Å². The van der Waals surface area contributed by atoms with Gasteiger partial charge in [0, 0.05) is 32.6 Å². The van der Waals surface area contributed by atoms with Crippen molar-refractivity contribution < 1.29 is 28.8 Å². The van der Waals surface area contributed by atoms with Crippen LogP contribution in [-0.2, 0) is 24.0 Å². The summed E-state index contributed by atoms with van der Waals surface area (Å²) in [5.41, 5.74) is -0.904. The average Bonchev–Trinajstić information content (AvgIpc) is 3.54. The highest BCUT2D eigenvalue weighted by atomic mass is 16.2. The zero-order valence-electron chi connectivity index (χ0n) is 29.7. The van der Waals surface area contributed by atoms with E-state index in [1.165, 1.54) is 11.0 Å². The van der Waals surface area contributed by atoms with Crippen molar-refractivity contribution >= 4 is 35.4 Å². The van der Waals surface area contributed by atoms with Gasteiger partial charge in [0.2, 0.25) is 23.5 Å². The maximum absolute atomic E-state index is 14.4. The number of carbonyl (C=O) groups is 6. The van der Waals surface area contributed by atoms with Gasteiger partial charge in [0.1, 0.15) is 12.1 Å². The Morgan fingerprint density at radius 2 is 1.75 bits per heavy atom. The quantitative estimate of drug-likeness (QED) is 0.155. The number of ketones is 1. The second kappa shape index (κ2) is 17.6. The van der Waals surface area contributed by atoms with Gasteiger partial charge in [-0.05, 0) is 42.9 Å². The molecule has 3 aliphatic rings. The van der Waals surface area contributed by atoms with E-state index >= 15 is 0 Å². The zero-order chi connectivity index (χ0) is 35.5. The lowest BCUT2D eigenvalue weighted by Crippen LogP contribution is -2.63. The van der Waals surface area contributed by atoms with Crippen LogP contribution in [0.1, 0.15) is 105 Å². The Kier molecular flexibility index (Phi) is 14.2. The fourth-order valence-electron chi connectivity index (χ4n) is 6.81. The SMILES string of the molecule is C=CCNC(=O)C(=O)C(CCCC)NC(=O)[C@@H]1C=CCN1C(=O)[C@@H](NC(=O)N[C@H](CN1CCCCC1=O)C(C)(C)C)C1(C)CCCCC1. The van der Waals surface area contributed by atoms with Gasteiger partial charge >= 0.3 is 6.03 Å². The lowest BCUT2D eigenvalue weighted by atomic mass is 9.70. The monoisotopic (exact) mass is 670 g/mol. The molecule has 3 rings (SSSR count). The van der Waals surface area contributed by atoms with E-state index in [2.05, 4.69) is 27.8 Å². The number of hydrogen-bond donors (Lipinski definition) is 4. The van der Waals surface area contributed by atoms with E-state index in [4.69, 9.17) is 0 Å². The molecule has 0 spiro atoms. The lowest BCUT2D eigenvalue weighted by Gasteiger charge is -2.43. The van der Waals surface area contributed by atoms with Crippen LogP contribution in [0.2, 0.25) is 0 Å². The molecule has 1 aliphatic carbocycles. The molecule has 6 amide bonds. The van der Waals surface area contributed by atoms with Crippen LogP contribution in [0.25, 0.3) is 0 Å². The number of piperidine rings is 1. The molecule has 12 heteroatoms. The number of nitrogens with one attached hydrogen (secondary N) is 4. The van der Waals surface area contributed by atoms with Gasteiger partial charge in [-0.2, -0.15) is 0 Å². The third-order valence-electron chi connectivity index (χ3n) is 10.0. The first-order chi connectivity index (χ1) is 22.7. The molecule has 1 saturated carbocycles. The van der Waals surface area contributed by atoms with E-state index in [1.54, 1.807) is 12.2 Å². The van der Waals surface area contributed by atoms with Crippen LogP contribution in [0, 0.1) is 10.8 Å². The molecule has 0 aromatic rings. The van der Waals surface area contributed by atoms with Crippen molar-refractivity contribution in [3.63, 3.8) is 0 Å². The summed E-state index contributed by atoms with van der Waals surface area (Å²) in [6.45, 7) is 14.9. The summed E-state index contributed by atoms with van der Waals surface area (Å²) in [4.78, 5) is 83.1. The molecule has 2 fully saturated rings. The maximum atomic E-state index is 14.4. The predicted molar refractivity (Wildman–Crippen MR) is 185 cm³/mol. The molecule has 268 valence electrons. The minimum Gasteiger partial charge on any atom is -0.346 e. The Labute approximate surface area is 286 Å². The highest BCUT2D eigenvalue weighted by Gasteiger charge is 2.46. The van der Waals surface area contributed by atoms with Crippen LogP contribution in [0.4, 0.5) is 4.79 Å². The minimum absolute atomic E-state index is 0.0855. The van der Waals surface area contributed by atoms with E-state index in [1.807, 2.05) is 39.5 Å². The lowest BCUT2D eigenvalue weighted by molar-refractivity contribution is -0.143. The molecule has 2 heterocycles. The molecule has 1 saturated heterocycles. The van der Waals surface area contributed by atoms with Gasteiger partial charge in [0.25, 0.3) is 5.91 Å². The number of amides is 6. The van der Waals surface area contributed by atoms with Crippen molar-refractivity contribution in [2.75, 3.05) is 26.2 Å². The molecule has 2 aliphatic heterocycles. The molecule has 12 nitrogen and oxygen atoms in total. The van der Waals surface area contributed by atoms with Crippen LogP contribution in [0.3, 0.4) is 0 Å². The number of rotatable bonds is 15. The van der Waals surface area contributed by atoms with Crippen molar-refractivity contribution in [2.45, 2.75) is 129 Å².